The van der Waals surface area contributed by atoms with E-state index in [0.29, 0.717) is 6.92 Å². The van der Waals surface area contributed by atoms with Gasteiger partial charge in [-0.25, -0.2) is 0 Å². The molecule has 0 aromatic rings. The largest absolute Gasteiger partial charge is 0.430 e. The lowest BCUT2D eigenvalue weighted by Gasteiger charge is -2.18. The molecule has 0 radical (unpaired) electrons. The number of carbonyl (C=O) groups excluding carboxylic acids is 1. The van der Waals surface area contributed by atoms with Crippen LogP contribution in [0.4, 0.5) is 8.78 Å². The van der Waals surface area contributed by atoms with E-state index in [-0.39, 0.29) is 0 Å². The molecule has 1 atom stereocenters. The van der Waals surface area contributed by atoms with Crippen LogP contribution in [0, 0.1) is 0 Å². The fraction of sp³-hybridized carbons (Fsp3) is 0.750. The molecule has 0 bridgehead atoms. The third-order valence-corrected chi connectivity index (χ3v) is 1.80. The van der Waals surface area contributed by atoms with Gasteiger partial charge in [0.25, 0.3) is 6.29 Å². The van der Waals surface area contributed by atoms with Crippen molar-refractivity contribution in [2.24, 2.45) is 0 Å². The summed E-state index contributed by atoms with van der Waals surface area (Å²) in [7, 11) is -5.81. The van der Waals surface area contributed by atoms with Crippen molar-refractivity contribution < 1.29 is 36.4 Å². The fourth-order valence-electron chi connectivity index (χ4n) is 0.353. The maximum atomic E-state index is 12.3. The van der Waals surface area contributed by atoms with Gasteiger partial charge in [-0.2, -0.15) is 17.2 Å². The Morgan fingerprint density at radius 1 is 1.54 bits per heavy atom. The Labute approximate surface area is 71.9 Å². The maximum absolute atomic E-state index is 12.3. The first-order valence-corrected chi connectivity index (χ1v) is 4.23. The van der Waals surface area contributed by atoms with Crippen LogP contribution in [0.1, 0.15) is 6.92 Å². The predicted molar refractivity (Wildman–Crippen MR) is 34.3 cm³/mol. The molecule has 9 heteroatoms. The molecule has 0 aliphatic heterocycles. The Bertz CT molecular complexity index is 296. The number of rotatable bonds is 3. The minimum atomic E-state index is -5.81. The number of esters is 1. The first-order valence-electron chi connectivity index (χ1n) is 2.79. The Morgan fingerprint density at radius 3 is 2.15 bits per heavy atom. The monoisotopic (exact) mass is 220 g/mol. The number of hydrogen-bond acceptors (Lipinski definition) is 5. The highest BCUT2D eigenvalue weighted by molar-refractivity contribution is 7.86. The second-order valence-corrected chi connectivity index (χ2v) is 3.49. The van der Waals surface area contributed by atoms with Crippen LogP contribution in [-0.4, -0.2) is 35.6 Å². The van der Waals surface area contributed by atoms with Gasteiger partial charge in [0.1, 0.15) is 0 Å². The topological polar surface area (TPSA) is 101 Å². The first-order chi connectivity index (χ1) is 5.59. The van der Waals surface area contributed by atoms with Crippen LogP contribution in [-0.2, 0) is 19.6 Å². The van der Waals surface area contributed by atoms with Crippen LogP contribution >= 0.6 is 0 Å². The third-order valence-electron chi connectivity index (χ3n) is 0.909. The molecule has 0 spiro atoms. The summed E-state index contributed by atoms with van der Waals surface area (Å²) < 4.78 is 55.9. The van der Waals surface area contributed by atoms with E-state index in [2.05, 4.69) is 4.74 Å². The van der Waals surface area contributed by atoms with Crippen molar-refractivity contribution in [1.29, 1.82) is 0 Å². The molecular formula is C4H6F2O6S. The van der Waals surface area contributed by atoms with Gasteiger partial charge >= 0.3 is 21.3 Å². The second kappa shape index (κ2) is 3.52. The van der Waals surface area contributed by atoms with Crippen LogP contribution in [0.25, 0.3) is 0 Å². The summed E-state index contributed by atoms with van der Waals surface area (Å²) in [4.78, 5) is 10.0. The number of hydrogen-bond donors (Lipinski definition) is 2. The van der Waals surface area contributed by atoms with E-state index in [0.717, 1.165) is 0 Å². The average molecular weight is 220 g/mol. The zero-order valence-corrected chi connectivity index (χ0v) is 7.09. The van der Waals surface area contributed by atoms with Gasteiger partial charge in [-0.1, -0.05) is 0 Å². The first kappa shape index (κ1) is 12.2. The molecule has 0 aliphatic carbocycles. The Balaban J connectivity index is 4.75. The zero-order chi connectivity index (χ0) is 10.9. The molecule has 0 rings (SSSR count). The number of alkyl halides is 2. The van der Waals surface area contributed by atoms with Crippen molar-refractivity contribution in [2.75, 3.05) is 0 Å². The fourth-order valence-corrected chi connectivity index (χ4v) is 0.656. The van der Waals surface area contributed by atoms with Gasteiger partial charge in [0, 0.05) is 6.92 Å². The standard InChI is InChI=1S/C4H6F2O6S/c1-2(7)12-3(8)4(5,6)13(9,10)11/h3,8H,1H3,(H,9,10,11). The highest BCUT2D eigenvalue weighted by Gasteiger charge is 2.53. The quantitative estimate of drug-likeness (QED) is 0.372. The van der Waals surface area contributed by atoms with Crippen molar-refractivity contribution in [3.63, 3.8) is 0 Å². The molecule has 6 nitrogen and oxygen atoms in total. The molecule has 0 saturated heterocycles. The predicted octanol–water partition coefficient (Wildman–Crippen LogP) is -0.651. The van der Waals surface area contributed by atoms with E-state index in [1.165, 1.54) is 0 Å². The van der Waals surface area contributed by atoms with Crippen LogP contribution in [0.2, 0.25) is 0 Å². The highest BCUT2D eigenvalue weighted by Crippen LogP contribution is 2.25. The summed E-state index contributed by atoms with van der Waals surface area (Å²) >= 11 is 0. The average Bonchev–Trinajstić information content (AvgIpc) is 1.82. The number of halogens is 2. The summed E-state index contributed by atoms with van der Waals surface area (Å²) in [6.45, 7) is 0.684. The number of aliphatic hydroxyl groups excluding tert-OH is 1. The van der Waals surface area contributed by atoms with Crippen molar-refractivity contribution in [2.45, 2.75) is 18.5 Å². The highest BCUT2D eigenvalue weighted by atomic mass is 32.2. The molecule has 0 saturated carbocycles. The molecule has 0 heterocycles. The summed E-state index contributed by atoms with van der Waals surface area (Å²) in [6, 6.07) is 0. The molecule has 0 fully saturated rings. The molecule has 78 valence electrons. The molecule has 0 amide bonds. The van der Waals surface area contributed by atoms with Crippen LogP contribution < -0.4 is 0 Å². The van der Waals surface area contributed by atoms with Crippen molar-refractivity contribution in [1.82, 2.24) is 0 Å². The smallest absolute Gasteiger partial charge is 0.428 e. The van der Waals surface area contributed by atoms with Gasteiger partial charge in [0.05, 0.1) is 0 Å². The molecule has 2 N–H and O–H groups in total. The molecule has 0 aromatic heterocycles. The van der Waals surface area contributed by atoms with E-state index >= 15 is 0 Å². The summed E-state index contributed by atoms with van der Waals surface area (Å²) in [5, 5.41) is 3.42. The minimum Gasteiger partial charge on any atom is -0.428 e. The number of carbonyl (C=O) groups is 1. The van der Waals surface area contributed by atoms with E-state index in [9.17, 15) is 22.0 Å². The normalized spacial score (nSPS) is 15.2. The molecule has 1 unspecified atom stereocenters. The van der Waals surface area contributed by atoms with E-state index in [1.54, 1.807) is 0 Å². The lowest BCUT2D eigenvalue weighted by molar-refractivity contribution is -0.203. The summed E-state index contributed by atoms with van der Waals surface area (Å²) in [6.07, 6.45) is -3.22. The van der Waals surface area contributed by atoms with Crippen LogP contribution in [0.5, 0.6) is 0 Å². The zero-order valence-electron chi connectivity index (χ0n) is 6.27. The summed E-state index contributed by atoms with van der Waals surface area (Å²) in [5.41, 5.74) is 0. The molecule has 0 aliphatic rings. The Hall–Kier alpha value is -0.800. The lowest BCUT2D eigenvalue weighted by atomic mass is 10.6. The third kappa shape index (κ3) is 2.86. The van der Waals surface area contributed by atoms with Gasteiger partial charge in [-0.05, 0) is 0 Å². The van der Waals surface area contributed by atoms with E-state index in [4.69, 9.17) is 9.66 Å². The molecular weight excluding hydrogens is 214 g/mol. The van der Waals surface area contributed by atoms with E-state index < -0.39 is 27.6 Å². The van der Waals surface area contributed by atoms with Crippen molar-refractivity contribution >= 4 is 16.1 Å². The van der Waals surface area contributed by atoms with Crippen LogP contribution in [0.15, 0.2) is 0 Å². The SMILES string of the molecule is CC(=O)OC(O)C(F)(F)S(=O)(=O)O. The number of aliphatic hydroxyl groups is 1. The second-order valence-electron chi connectivity index (χ2n) is 2.00. The molecule has 13 heavy (non-hydrogen) atoms. The Kier molecular flexibility index (Phi) is 3.30. The lowest BCUT2D eigenvalue weighted by Crippen LogP contribution is -2.43. The van der Waals surface area contributed by atoms with Gasteiger partial charge in [-0.3, -0.25) is 9.35 Å². The van der Waals surface area contributed by atoms with Crippen molar-refractivity contribution in [3.05, 3.63) is 0 Å². The minimum absolute atomic E-state index is 0.684. The Morgan fingerprint density at radius 2 is 1.92 bits per heavy atom. The van der Waals surface area contributed by atoms with Crippen LogP contribution in [0.3, 0.4) is 0 Å². The van der Waals surface area contributed by atoms with Gasteiger partial charge < -0.3 is 9.84 Å². The van der Waals surface area contributed by atoms with E-state index in [1.807, 2.05) is 0 Å². The summed E-state index contributed by atoms with van der Waals surface area (Å²) in [5.74, 6) is -1.31. The molecule has 0 aromatic carbocycles. The van der Waals surface area contributed by atoms with Crippen molar-refractivity contribution in [3.8, 4) is 0 Å². The number of ether oxygens (including phenoxy) is 1. The van der Waals surface area contributed by atoms with Gasteiger partial charge in [0.2, 0.25) is 0 Å². The van der Waals surface area contributed by atoms with Gasteiger partial charge in [0.15, 0.2) is 0 Å². The maximum Gasteiger partial charge on any atom is 0.430 e. The van der Waals surface area contributed by atoms with Gasteiger partial charge in [-0.15, -0.1) is 0 Å².